The number of rotatable bonds is 7. The van der Waals surface area contributed by atoms with Crippen molar-refractivity contribution in [1.29, 1.82) is 0 Å². The summed E-state index contributed by atoms with van der Waals surface area (Å²) in [6.07, 6.45) is 17.8. The predicted octanol–water partition coefficient (Wildman–Crippen LogP) is 8.35. The van der Waals surface area contributed by atoms with Crippen molar-refractivity contribution in [2.45, 2.75) is 125 Å². The van der Waals surface area contributed by atoms with Crippen LogP contribution in [0.3, 0.4) is 0 Å². The molecule has 0 N–H and O–H groups in total. The minimum absolute atomic E-state index is 0.0270. The van der Waals surface area contributed by atoms with Gasteiger partial charge in [-0.3, -0.25) is 4.79 Å². The van der Waals surface area contributed by atoms with Crippen LogP contribution in [-0.4, -0.2) is 12.1 Å². The molecule has 0 radical (unpaired) electrons. The normalized spacial score (nSPS) is 42.0. The molecule has 2 nitrogen and oxygen atoms in total. The van der Waals surface area contributed by atoms with Crippen LogP contribution in [0.25, 0.3) is 0 Å². The van der Waals surface area contributed by atoms with Crippen molar-refractivity contribution < 1.29 is 9.53 Å². The molecule has 2 heteroatoms. The monoisotopic (exact) mass is 442 g/mol. The highest BCUT2D eigenvalue weighted by molar-refractivity contribution is 5.69. The maximum atomic E-state index is 11.9. The largest absolute Gasteiger partial charge is 0.462 e. The Labute approximate surface area is 198 Å². The standard InChI is InChI=1S/C30H50O2/c1-7-28(31)32-23-15-17-29(5)22(19-23)11-12-24-26-14-13-25(21(4)10-8-9-20(2)3)30(26,6)18-16-27(24)29/h11,20-21,23-27H,7-10,12-19H2,1-6H3/t21-,23+,24+,25-,26+,27+,29+,30-/m1/s1. The van der Waals surface area contributed by atoms with Gasteiger partial charge in [0.05, 0.1) is 0 Å². The quantitative estimate of drug-likeness (QED) is 0.292. The van der Waals surface area contributed by atoms with Gasteiger partial charge in [0.25, 0.3) is 0 Å². The van der Waals surface area contributed by atoms with Gasteiger partial charge in [0, 0.05) is 12.8 Å². The molecule has 0 spiro atoms. The van der Waals surface area contributed by atoms with E-state index in [4.69, 9.17) is 4.74 Å². The third-order valence-electron chi connectivity index (χ3n) is 10.8. The van der Waals surface area contributed by atoms with E-state index in [0.717, 1.165) is 48.3 Å². The smallest absolute Gasteiger partial charge is 0.305 e. The first-order chi connectivity index (χ1) is 15.2. The van der Waals surface area contributed by atoms with Crippen molar-refractivity contribution in [2.75, 3.05) is 0 Å². The van der Waals surface area contributed by atoms with E-state index in [0.29, 0.717) is 17.3 Å². The molecule has 32 heavy (non-hydrogen) atoms. The molecule has 0 aromatic rings. The van der Waals surface area contributed by atoms with E-state index in [1.165, 1.54) is 57.8 Å². The zero-order valence-corrected chi connectivity index (χ0v) is 21.9. The maximum Gasteiger partial charge on any atom is 0.305 e. The van der Waals surface area contributed by atoms with Crippen molar-refractivity contribution in [3.8, 4) is 0 Å². The molecule has 0 aromatic carbocycles. The molecule has 0 bridgehead atoms. The lowest BCUT2D eigenvalue weighted by Crippen LogP contribution is -2.51. The van der Waals surface area contributed by atoms with Crippen LogP contribution in [0.2, 0.25) is 0 Å². The second-order valence-corrected chi connectivity index (χ2v) is 13.0. The van der Waals surface area contributed by atoms with Gasteiger partial charge in [-0.05, 0) is 91.3 Å². The molecular formula is C30H50O2. The third kappa shape index (κ3) is 4.34. The summed E-state index contributed by atoms with van der Waals surface area (Å²) in [5, 5.41) is 0. The fourth-order valence-corrected chi connectivity index (χ4v) is 9.02. The van der Waals surface area contributed by atoms with Crippen LogP contribution in [-0.2, 0) is 9.53 Å². The van der Waals surface area contributed by atoms with Gasteiger partial charge in [0.2, 0.25) is 0 Å². The Kier molecular flexibility index (Phi) is 7.19. The maximum absolute atomic E-state index is 11.9. The van der Waals surface area contributed by atoms with Crippen molar-refractivity contribution >= 4 is 5.97 Å². The van der Waals surface area contributed by atoms with Gasteiger partial charge in [0.1, 0.15) is 6.10 Å². The highest BCUT2D eigenvalue weighted by atomic mass is 16.5. The van der Waals surface area contributed by atoms with E-state index in [1.807, 2.05) is 6.92 Å². The number of carbonyl (C=O) groups excluding carboxylic acids is 1. The number of carbonyl (C=O) groups is 1. The third-order valence-corrected chi connectivity index (χ3v) is 10.8. The highest BCUT2D eigenvalue weighted by Gasteiger charge is 2.59. The Morgan fingerprint density at radius 1 is 1.06 bits per heavy atom. The fourth-order valence-electron chi connectivity index (χ4n) is 9.02. The molecule has 3 fully saturated rings. The van der Waals surface area contributed by atoms with E-state index < -0.39 is 0 Å². The summed E-state index contributed by atoms with van der Waals surface area (Å²) < 4.78 is 5.76. The zero-order chi connectivity index (χ0) is 23.1. The molecule has 0 heterocycles. The van der Waals surface area contributed by atoms with E-state index in [1.54, 1.807) is 5.57 Å². The number of fused-ring (bicyclic) bond motifs is 5. The van der Waals surface area contributed by atoms with Gasteiger partial charge in [-0.2, -0.15) is 0 Å². The lowest BCUT2D eigenvalue weighted by molar-refractivity contribution is -0.151. The molecule has 0 amide bonds. The molecule has 182 valence electrons. The minimum Gasteiger partial charge on any atom is -0.462 e. The first kappa shape index (κ1) is 24.3. The molecule has 4 rings (SSSR count). The van der Waals surface area contributed by atoms with Crippen molar-refractivity contribution in [3.05, 3.63) is 11.6 Å². The van der Waals surface area contributed by atoms with Gasteiger partial charge < -0.3 is 4.74 Å². The Hall–Kier alpha value is -0.790. The minimum atomic E-state index is -0.0270. The summed E-state index contributed by atoms with van der Waals surface area (Å²) in [5.41, 5.74) is 2.54. The Morgan fingerprint density at radius 3 is 2.56 bits per heavy atom. The van der Waals surface area contributed by atoms with Crippen LogP contribution < -0.4 is 0 Å². The molecule has 0 saturated heterocycles. The summed E-state index contributed by atoms with van der Waals surface area (Å²) in [7, 11) is 0. The van der Waals surface area contributed by atoms with Crippen LogP contribution in [0.15, 0.2) is 11.6 Å². The van der Waals surface area contributed by atoms with E-state index in [-0.39, 0.29) is 12.1 Å². The van der Waals surface area contributed by atoms with Gasteiger partial charge in [-0.1, -0.05) is 72.5 Å². The van der Waals surface area contributed by atoms with Crippen LogP contribution >= 0.6 is 0 Å². The average Bonchev–Trinajstić information content (AvgIpc) is 3.11. The number of hydrogen-bond donors (Lipinski definition) is 0. The predicted molar refractivity (Wildman–Crippen MR) is 133 cm³/mol. The van der Waals surface area contributed by atoms with Crippen LogP contribution in [0, 0.1) is 46.3 Å². The van der Waals surface area contributed by atoms with Crippen LogP contribution in [0.1, 0.15) is 119 Å². The number of hydrogen-bond acceptors (Lipinski definition) is 2. The van der Waals surface area contributed by atoms with Crippen LogP contribution in [0.5, 0.6) is 0 Å². The lowest BCUT2D eigenvalue weighted by atomic mass is 9.47. The van der Waals surface area contributed by atoms with Crippen molar-refractivity contribution in [1.82, 2.24) is 0 Å². The SMILES string of the molecule is CCC(=O)O[C@H]1CC[C@@]2(C)C(=CC[C@H]3[C@@H]4CC[C@H]([C@H](C)CCCC(C)C)[C@@]4(C)CC[C@@H]32)C1. The average molecular weight is 443 g/mol. The van der Waals surface area contributed by atoms with Gasteiger partial charge >= 0.3 is 5.97 Å². The summed E-state index contributed by atoms with van der Waals surface area (Å²) in [5.74, 6) is 5.28. The topological polar surface area (TPSA) is 26.3 Å². The first-order valence-electron chi connectivity index (χ1n) is 14.1. The summed E-state index contributed by atoms with van der Waals surface area (Å²) in [6, 6.07) is 0. The first-order valence-corrected chi connectivity index (χ1v) is 14.1. The van der Waals surface area contributed by atoms with Crippen LogP contribution in [0.4, 0.5) is 0 Å². The molecule has 3 saturated carbocycles. The second-order valence-electron chi connectivity index (χ2n) is 13.0. The van der Waals surface area contributed by atoms with Crippen molar-refractivity contribution in [2.24, 2.45) is 46.3 Å². The van der Waals surface area contributed by atoms with Gasteiger partial charge in [-0.15, -0.1) is 0 Å². The molecule has 4 aliphatic carbocycles. The second kappa shape index (κ2) is 9.46. The van der Waals surface area contributed by atoms with Gasteiger partial charge in [-0.25, -0.2) is 0 Å². The number of allylic oxidation sites excluding steroid dienone is 1. The summed E-state index contributed by atoms with van der Waals surface area (Å²) in [6.45, 7) is 14.5. The van der Waals surface area contributed by atoms with Gasteiger partial charge in [0.15, 0.2) is 0 Å². The Balaban J connectivity index is 1.45. The Bertz CT molecular complexity index is 708. The van der Waals surface area contributed by atoms with E-state index in [2.05, 4.69) is 40.7 Å². The Morgan fingerprint density at radius 2 is 1.84 bits per heavy atom. The fraction of sp³-hybridized carbons (Fsp3) is 0.900. The summed E-state index contributed by atoms with van der Waals surface area (Å²) >= 11 is 0. The zero-order valence-electron chi connectivity index (χ0n) is 21.9. The van der Waals surface area contributed by atoms with Crippen molar-refractivity contribution in [3.63, 3.8) is 0 Å². The molecule has 4 aliphatic rings. The molecule has 0 unspecified atom stereocenters. The molecule has 8 atom stereocenters. The number of esters is 1. The van der Waals surface area contributed by atoms with E-state index >= 15 is 0 Å². The lowest BCUT2D eigenvalue weighted by Gasteiger charge is -2.58. The highest BCUT2D eigenvalue weighted by Crippen LogP contribution is 2.67. The molecular weight excluding hydrogens is 392 g/mol. The summed E-state index contributed by atoms with van der Waals surface area (Å²) in [4.78, 5) is 11.9. The van der Waals surface area contributed by atoms with E-state index in [9.17, 15) is 4.79 Å². The molecule has 0 aromatic heterocycles. The number of ether oxygens (including phenoxy) is 1. The molecule has 0 aliphatic heterocycles.